The molecule has 1 aromatic rings. The van der Waals surface area contributed by atoms with E-state index in [4.69, 9.17) is 15.7 Å². The first-order valence-corrected chi connectivity index (χ1v) is 7.00. The quantitative estimate of drug-likeness (QED) is 0.911. The number of thiophene rings is 1. The maximum atomic E-state index is 9.18. The number of ether oxygens (including phenoxy) is 1. The second kappa shape index (κ2) is 5.92. The van der Waals surface area contributed by atoms with E-state index in [1.807, 2.05) is 18.0 Å². The first-order valence-electron chi connectivity index (χ1n) is 6.18. The molecule has 0 spiro atoms. The van der Waals surface area contributed by atoms with Crippen LogP contribution in [0.3, 0.4) is 0 Å². The molecule has 1 fully saturated rings. The summed E-state index contributed by atoms with van der Waals surface area (Å²) in [5.41, 5.74) is 6.53. The van der Waals surface area contributed by atoms with Crippen molar-refractivity contribution in [2.24, 2.45) is 5.92 Å². The molecule has 0 aromatic carbocycles. The largest absolute Gasteiger partial charge is 0.396 e. The number of rotatable bonds is 3. The zero-order chi connectivity index (χ0) is 13.8. The lowest BCUT2D eigenvalue weighted by Crippen LogP contribution is -2.30. The van der Waals surface area contributed by atoms with Gasteiger partial charge < -0.3 is 15.4 Å². The Balaban J connectivity index is 2.17. The number of nitrogens with zero attached hydrogens (tertiary/aromatic N) is 3. The molecule has 1 aliphatic rings. The Hall–Kier alpha value is -1.76. The Morgan fingerprint density at radius 1 is 1.47 bits per heavy atom. The molecule has 19 heavy (non-hydrogen) atoms. The predicted octanol–water partition coefficient (Wildman–Crippen LogP) is 1.94. The maximum absolute atomic E-state index is 9.18. The molecule has 0 bridgehead atoms. The predicted molar refractivity (Wildman–Crippen MR) is 75.0 cm³/mol. The molecule has 0 amide bonds. The molecule has 1 unspecified atom stereocenters. The molecular formula is C13H16N4OS. The smallest absolute Gasteiger partial charge is 0.131 e. The van der Waals surface area contributed by atoms with Crippen LogP contribution in [0.25, 0.3) is 0 Å². The number of nitrogens with two attached hydrogens (primary N) is 1. The van der Waals surface area contributed by atoms with Gasteiger partial charge >= 0.3 is 0 Å². The number of hydrogen-bond acceptors (Lipinski definition) is 6. The van der Waals surface area contributed by atoms with Gasteiger partial charge in [0.05, 0.1) is 12.3 Å². The van der Waals surface area contributed by atoms with E-state index >= 15 is 0 Å². The lowest BCUT2D eigenvalue weighted by Gasteiger charge is -2.27. The average Bonchev–Trinajstić information content (AvgIpc) is 2.76. The van der Waals surface area contributed by atoms with Crippen molar-refractivity contribution in [1.82, 2.24) is 0 Å². The molecule has 1 aromatic heterocycles. The van der Waals surface area contributed by atoms with E-state index in [0.29, 0.717) is 22.0 Å². The van der Waals surface area contributed by atoms with Crippen LogP contribution < -0.4 is 10.6 Å². The molecule has 6 heteroatoms. The molecular weight excluding hydrogens is 260 g/mol. The van der Waals surface area contributed by atoms with E-state index in [1.54, 1.807) is 0 Å². The number of hydrogen-bond donors (Lipinski definition) is 1. The molecule has 2 N–H and O–H groups in total. The van der Waals surface area contributed by atoms with Crippen molar-refractivity contribution in [2.45, 2.75) is 12.8 Å². The molecule has 0 saturated carbocycles. The van der Waals surface area contributed by atoms with Gasteiger partial charge in [0.25, 0.3) is 0 Å². The number of anilines is 2. The van der Waals surface area contributed by atoms with Gasteiger partial charge in [0.2, 0.25) is 0 Å². The zero-order valence-electron chi connectivity index (χ0n) is 10.8. The van der Waals surface area contributed by atoms with Crippen LogP contribution >= 0.6 is 11.3 Å². The van der Waals surface area contributed by atoms with Crippen molar-refractivity contribution in [2.75, 3.05) is 37.4 Å². The van der Waals surface area contributed by atoms with Crippen molar-refractivity contribution in [3.05, 3.63) is 10.4 Å². The summed E-state index contributed by atoms with van der Waals surface area (Å²) in [5, 5.41) is 18.9. The van der Waals surface area contributed by atoms with Crippen LogP contribution in [0.4, 0.5) is 10.7 Å². The van der Waals surface area contributed by atoms with Gasteiger partial charge in [0.1, 0.15) is 27.6 Å². The number of nitrogen functional groups attached to an aromatic ring is 1. The third kappa shape index (κ3) is 2.81. The average molecular weight is 276 g/mol. The third-order valence-electron chi connectivity index (χ3n) is 3.27. The van der Waals surface area contributed by atoms with Crippen LogP contribution in [-0.2, 0) is 4.74 Å². The molecule has 5 nitrogen and oxygen atoms in total. The Morgan fingerprint density at radius 2 is 2.26 bits per heavy atom. The van der Waals surface area contributed by atoms with Crippen LogP contribution in [0.1, 0.15) is 23.3 Å². The third-order valence-corrected chi connectivity index (χ3v) is 4.50. The highest BCUT2D eigenvalue weighted by atomic mass is 32.1. The summed E-state index contributed by atoms with van der Waals surface area (Å²) in [7, 11) is 1.93. The summed E-state index contributed by atoms with van der Waals surface area (Å²) in [6.45, 7) is 2.42. The molecule has 1 saturated heterocycles. The standard InChI is InChI=1S/C13H16N4OS/c1-17(7-9-3-2-4-18-8-9)13-10(5-14)12(16)11(6-15)19-13/h9H,2-4,7-8,16H2,1H3. The SMILES string of the molecule is CN(CC1CCCOC1)c1sc(C#N)c(N)c1C#N. The summed E-state index contributed by atoms with van der Waals surface area (Å²) in [4.78, 5) is 2.43. The fourth-order valence-corrected chi connectivity index (χ4v) is 3.25. The Morgan fingerprint density at radius 3 is 2.84 bits per heavy atom. The van der Waals surface area contributed by atoms with Gasteiger partial charge in [-0.1, -0.05) is 0 Å². The molecule has 2 heterocycles. The van der Waals surface area contributed by atoms with E-state index < -0.39 is 0 Å². The van der Waals surface area contributed by atoms with Crippen LogP contribution in [0.15, 0.2) is 0 Å². The van der Waals surface area contributed by atoms with E-state index in [0.717, 1.165) is 37.6 Å². The molecule has 1 atom stereocenters. The van der Waals surface area contributed by atoms with E-state index in [-0.39, 0.29) is 0 Å². The fourth-order valence-electron chi connectivity index (χ4n) is 2.31. The van der Waals surface area contributed by atoms with Crippen molar-refractivity contribution >= 4 is 22.0 Å². The monoisotopic (exact) mass is 276 g/mol. The summed E-state index contributed by atoms with van der Waals surface area (Å²) >= 11 is 1.28. The zero-order valence-corrected chi connectivity index (χ0v) is 11.7. The summed E-state index contributed by atoms with van der Waals surface area (Å²) in [6.07, 6.45) is 2.22. The van der Waals surface area contributed by atoms with Gasteiger partial charge in [0, 0.05) is 20.2 Å². The fraction of sp³-hybridized carbons (Fsp3) is 0.538. The van der Waals surface area contributed by atoms with Crippen molar-refractivity contribution in [3.63, 3.8) is 0 Å². The first kappa shape index (κ1) is 13.7. The Bertz CT molecular complexity index is 534. The van der Waals surface area contributed by atoms with Crippen LogP contribution in [0.5, 0.6) is 0 Å². The molecule has 0 aliphatic carbocycles. The Labute approximate surface area is 116 Å². The van der Waals surface area contributed by atoms with Crippen LogP contribution in [0, 0.1) is 28.6 Å². The minimum atomic E-state index is 0.303. The van der Waals surface area contributed by atoms with Crippen molar-refractivity contribution in [3.8, 4) is 12.1 Å². The highest BCUT2D eigenvalue weighted by Gasteiger charge is 2.22. The van der Waals surface area contributed by atoms with Gasteiger partial charge in [-0.2, -0.15) is 10.5 Å². The minimum Gasteiger partial charge on any atom is -0.396 e. The van der Waals surface area contributed by atoms with E-state index in [2.05, 4.69) is 6.07 Å². The second-order valence-corrected chi connectivity index (χ2v) is 5.71. The highest BCUT2D eigenvalue weighted by Crippen LogP contribution is 2.37. The van der Waals surface area contributed by atoms with Gasteiger partial charge in [0.15, 0.2) is 0 Å². The van der Waals surface area contributed by atoms with Gasteiger partial charge in [-0.05, 0) is 18.8 Å². The summed E-state index contributed by atoms with van der Waals surface area (Å²) < 4.78 is 5.46. The molecule has 0 radical (unpaired) electrons. The number of nitriles is 2. The maximum Gasteiger partial charge on any atom is 0.131 e. The molecule has 100 valence electrons. The van der Waals surface area contributed by atoms with Crippen molar-refractivity contribution < 1.29 is 4.74 Å². The summed E-state index contributed by atoms with van der Waals surface area (Å²) in [6, 6.07) is 4.14. The lowest BCUT2D eigenvalue weighted by atomic mass is 10.0. The lowest BCUT2D eigenvalue weighted by molar-refractivity contribution is 0.0577. The molecule has 1 aliphatic heterocycles. The topological polar surface area (TPSA) is 86.1 Å². The van der Waals surface area contributed by atoms with Crippen LogP contribution in [-0.4, -0.2) is 26.8 Å². The van der Waals surface area contributed by atoms with Crippen molar-refractivity contribution in [1.29, 1.82) is 10.5 Å². The van der Waals surface area contributed by atoms with Gasteiger partial charge in [-0.3, -0.25) is 0 Å². The summed E-state index contributed by atoms with van der Waals surface area (Å²) in [5.74, 6) is 0.471. The van der Waals surface area contributed by atoms with Gasteiger partial charge in [-0.25, -0.2) is 0 Å². The molecule has 2 rings (SSSR count). The van der Waals surface area contributed by atoms with Crippen LogP contribution in [0.2, 0.25) is 0 Å². The van der Waals surface area contributed by atoms with Gasteiger partial charge in [-0.15, -0.1) is 11.3 Å². The minimum absolute atomic E-state index is 0.303. The highest BCUT2D eigenvalue weighted by molar-refractivity contribution is 7.17. The normalized spacial score (nSPS) is 18.6. The Kier molecular flexibility index (Phi) is 4.26. The second-order valence-electron chi connectivity index (χ2n) is 4.71. The van der Waals surface area contributed by atoms with E-state index in [1.165, 1.54) is 11.3 Å². The first-order chi connectivity index (χ1) is 9.17. The van der Waals surface area contributed by atoms with E-state index in [9.17, 15) is 5.26 Å².